The highest BCUT2D eigenvalue weighted by atomic mass is 16.6. The Labute approximate surface area is 128 Å². The predicted molar refractivity (Wildman–Crippen MR) is 77.8 cm³/mol. The second-order valence-corrected chi connectivity index (χ2v) is 5.61. The molecule has 0 amide bonds. The molecule has 1 aromatic carbocycles. The smallest absolute Gasteiger partial charge is 0.310 e. The Balaban J connectivity index is 2.36. The van der Waals surface area contributed by atoms with E-state index in [9.17, 15) is 24.9 Å². The fraction of sp³-hybridized carbons (Fsp3) is 0.500. The second kappa shape index (κ2) is 6.79. The molecule has 22 heavy (non-hydrogen) atoms. The minimum atomic E-state index is -0.794. The Hall–Kier alpha value is -2.08. The van der Waals surface area contributed by atoms with E-state index in [4.69, 9.17) is 4.74 Å². The van der Waals surface area contributed by atoms with Gasteiger partial charge in [-0.1, -0.05) is 0 Å². The lowest BCUT2D eigenvalue weighted by Gasteiger charge is -2.20. The lowest BCUT2D eigenvalue weighted by molar-refractivity contribution is -0.154. The Morgan fingerprint density at radius 2 is 1.95 bits per heavy atom. The number of rotatable bonds is 1. The third kappa shape index (κ3) is 3.76. The summed E-state index contributed by atoms with van der Waals surface area (Å²) in [6.07, 6.45) is 0.248. The first-order valence-electron chi connectivity index (χ1n) is 7.34. The van der Waals surface area contributed by atoms with Crippen LogP contribution < -0.4 is 0 Å². The zero-order chi connectivity index (χ0) is 16.3. The summed E-state index contributed by atoms with van der Waals surface area (Å²) < 4.78 is 5.25. The van der Waals surface area contributed by atoms with Gasteiger partial charge in [-0.25, -0.2) is 0 Å². The van der Waals surface area contributed by atoms with Crippen LogP contribution in [0.5, 0.6) is 11.5 Å². The number of aromatic hydroxyl groups is 2. The first-order valence-corrected chi connectivity index (χ1v) is 7.34. The Morgan fingerprint density at radius 3 is 2.64 bits per heavy atom. The van der Waals surface area contributed by atoms with Crippen LogP contribution in [-0.2, 0) is 16.0 Å². The number of ketones is 1. The minimum absolute atomic E-state index is 0.0604. The number of benzene rings is 1. The molecule has 0 unspecified atom stereocenters. The van der Waals surface area contributed by atoms with E-state index in [2.05, 4.69) is 0 Å². The Morgan fingerprint density at radius 1 is 1.23 bits per heavy atom. The normalized spacial score (nSPS) is 21.5. The molecular formula is C16H20O6. The average Bonchev–Trinajstić information content (AvgIpc) is 2.42. The molecule has 1 aliphatic heterocycles. The van der Waals surface area contributed by atoms with Crippen molar-refractivity contribution in [3.63, 3.8) is 0 Å². The molecule has 6 nitrogen and oxygen atoms in total. The molecule has 0 fully saturated rings. The number of aliphatic hydroxyl groups excluding tert-OH is 1. The molecule has 0 aliphatic carbocycles. The zero-order valence-corrected chi connectivity index (χ0v) is 12.4. The number of Topliss-reactive ketones (excluding diaryl/α,β-unsaturated/α-hetero) is 1. The molecule has 0 radical (unpaired) electrons. The molecule has 2 atom stereocenters. The standard InChI is InChI=1S/C16H20O6/c1-9(17)14-5-3-2-4-12(19)16-10(7-15(21)22-14)6-11(18)8-13(16)20/h6,8-9,14,17-18,20H,2-5,7H2,1H3/t9-,14+/m0/s1. The van der Waals surface area contributed by atoms with E-state index in [1.807, 2.05) is 0 Å². The van der Waals surface area contributed by atoms with E-state index < -0.39 is 18.2 Å². The highest BCUT2D eigenvalue weighted by molar-refractivity contribution is 6.01. The third-order valence-electron chi connectivity index (χ3n) is 3.76. The molecule has 0 bridgehead atoms. The molecule has 3 N–H and O–H groups in total. The van der Waals surface area contributed by atoms with Crippen LogP contribution in [0.3, 0.4) is 0 Å². The summed E-state index contributed by atoms with van der Waals surface area (Å²) in [5.74, 6) is -1.43. The number of ether oxygens (including phenoxy) is 1. The van der Waals surface area contributed by atoms with Crippen molar-refractivity contribution in [2.24, 2.45) is 0 Å². The fourth-order valence-corrected chi connectivity index (χ4v) is 2.65. The van der Waals surface area contributed by atoms with Gasteiger partial charge in [0.2, 0.25) is 0 Å². The van der Waals surface area contributed by atoms with E-state index in [1.165, 1.54) is 6.07 Å². The van der Waals surface area contributed by atoms with Gasteiger partial charge in [-0.05, 0) is 37.8 Å². The lowest BCUT2D eigenvalue weighted by atomic mass is 9.96. The van der Waals surface area contributed by atoms with Gasteiger partial charge in [0.1, 0.15) is 17.6 Å². The van der Waals surface area contributed by atoms with Crippen LogP contribution >= 0.6 is 0 Å². The fourth-order valence-electron chi connectivity index (χ4n) is 2.65. The van der Waals surface area contributed by atoms with Crippen LogP contribution in [0.25, 0.3) is 0 Å². The van der Waals surface area contributed by atoms with Gasteiger partial charge >= 0.3 is 5.97 Å². The molecule has 120 valence electrons. The molecule has 1 aliphatic rings. The number of esters is 1. The van der Waals surface area contributed by atoms with Gasteiger partial charge in [-0.3, -0.25) is 9.59 Å². The van der Waals surface area contributed by atoms with E-state index >= 15 is 0 Å². The lowest BCUT2D eigenvalue weighted by Crippen LogP contribution is -2.29. The van der Waals surface area contributed by atoms with Crippen molar-refractivity contribution in [1.29, 1.82) is 0 Å². The van der Waals surface area contributed by atoms with Crippen molar-refractivity contribution in [2.75, 3.05) is 0 Å². The predicted octanol–water partition coefficient (Wildman–Crippen LogP) is 1.69. The molecule has 0 aromatic heterocycles. The van der Waals surface area contributed by atoms with Crippen molar-refractivity contribution >= 4 is 11.8 Å². The van der Waals surface area contributed by atoms with Crippen LogP contribution in [0.2, 0.25) is 0 Å². The average molecular weight is 308 g/mol. The van der Waals surface area contributed by atoms with Crippen LogP contribution in [0.15, 0.2) is 12.1 Å². The molecule has 1 heterocycles. The quantitative estimate of drug-likeness (QED) is 0.682. The van der Waals surface area contributed by atoms with Crippen molar-refractivity contribution in [2.45, 2.75) is 51.2 Å². The van der Waals surface area contributed by atoms with Crippen LogP contribution in [-0.4, -0.2) is 39.3 Å². The number of hydrogen-bond acceptors (Lipinski definition) is 6. The molecule has 2 rings (SSSR count). The number of aliphatic hydroxyl groups is 1. The number of hydrogen-bond donors (Lipinski definition) is 3. The summed E-state index contributed by atoms with van der Waals surface area (Å²) in [6.45, 7) is 1.55. The largest absolute Gasteiger partial charge is 0.508 e. The first kappa shape index (κ1) is 16.3. The highest BCUT2D eigenvalue weighted by Gasteiger charge is 2.25. The van der Waals surface area contributed by atoms with Crippen molar-refractivity contribution in [3.8, 4) is 11.5 Å². The molecular weight excluding hydrogens is 288 g/mol. The summed E-state index contributed by atoms with van der Waals surface area (Å²) >= 11 is 0. The van der Waals surface area contributed by atoms with E-state index in [0.717, 1.165) is 6.07 Å². The number of carbonyl (C=O) groups is 2. The number of phenols is 2. The Bertz CT molecular complexity index is 578. The maximum Gasteiger partial charge on any atom is 0.310 e. The van der Waals surface area contributed by atoms with E-state index in [0.29, 0.717) is 19.3 Å². The first-order chi connectivity index (χ1) is 10.4. The van der Waals surface area contributed by atoms with Crippen molar-refractivity contribution in [1.82, 2.24) is 0 Å². The number of phenolic OH excluding ortho intramolecular Hbond substituents is 2. The maximum absolute atomic E-state index is 12.2. The Kier molecular flexibility index (Phi) is 5.03. The summed E-state index contributed by atoms with van der Waals surface area (Å²) in [6, 6.07) is 2.36. The molecule has 1 aromatic rings. The van der Waals surface area contributed by atoms with Crippen molar-refractivity contribution < 1.29 is 29.6 Å². The van der Waals surface area contributed by atoms with Gasteiger partial charge in [0, 0.05) is 12.5 Å². The van der Waals surface area contributed by atoms with Gasteiger partial charge < -0.3 is 20.1 Å². The van der Waals surface area contributed by atoms with E-state index in [1.54, 1.807) is 6.92 Å². The summed E-state index contributed by atoms with van der Waals surface area (Å²) in [4.78, 5) is 24.3. The number of carbonyl (C=O) groups excluding carboxylic acids is 2. The monoisotopic (exact) mass is 308 g/mol. The topological polar surface area (TPSA) is 104 Å². The van der Waals surface area contributed by atoms with Crippen LogP contribution in [0, 0.1) is 0 Å². The van der Waals surface area contributed by atoms with Gasteiger partial charge in [0.05, 0.1) is 18.1 Å². The molecule has 0 spiro atoms. The summed E-state index contributed by atoms with van der Waals surface area (Å²) in [5.41, 5.74) is 0.295. The zero-order valence-electron chi connectivity index (χ0n) is 12.4. The highest BCUT2D eigenvalue weighted by Crippen LogP contribution is 2.30. The molecule has 0 saturated heterocycles. The molecule has 6 heteroatoms. The van der Waals surface area contributed by atoms with Crippen LogP contribution in [0.1, 0.15) is 48.5 Å². The van der Waals surface area contributed by atoms with Gasteiger partial charge in [0.25, 0.3) is 0 Å². The second-order valence-electron chi connectivity index (χ2n) is 5.61. The third-order valence-corrected chi connectivity index (χ3v) is 3.76. The van der Waals surface area contributed by atoms with Crippen LogP contribution in [0.4, 0.5) is 0 Å². The van der Waals surface area contributed by atoms with Gasteiger partial charge in [-0.15, -0.1) is 0 Å². The summed E-state index contributed by atoms with van der Waals surface area (Å²) in [7, 11) is 0. The van der Waals surface area contributed by atoms with Gasteiger partial charge in [-0.2, -0.15) is 0 Å². The van der Waals surface area contributed by atoms with Gasteiger partial charge in [0.15, 0.2) is 5.78 Å². The number of cyclic esters (lactones) is 1. The van der Waals surface area contributed by atoms with E-state index in [-0.39, 0.29) is 41.3 Å². The number of fused-ring (bicyclic) bond motifs is 1. The maximum atomic E-state index is 12.2. The van der Waals surface area contributed by atoms with Crippen molar-refractivity contribution in [3.05, 3.63) is 23.3 Å². The molecule has 0 saturated carbocycles. The SMILES string of the molecule is C[C@H](O)[C@H]1CCCCC(=O)c2c(O)cc(O)cc2CC(=O)O1. The summed E-state index contributed by atoms with van der Waals surface area (Å²) in [5, 5.41) is 29.1. The minimum Gasteiger partial charge on any atom is -0.508 e.